The normalized spacial score (nSPS) is 12.8. The van der Waals surface area contributed by atoms with Crippen LogP contribution >= 0.6 is 0 Å². The molecule has 0 saturated heterocycles. The van der Waals surface area contributed by atoms with E-state index < -0.39 is 48.8 Å². The largest absolute Gasteiger partial charge is 1.00 e. The van der Waals surface area contributed by atoms with Crippen molar-refractivity contribution in [2.45, 2.75) is 24.9 Å². The number of hydrogen-bond donors (Lipinski definition) is 6. The Balaban J connectivity index is 0. The average molecular weight is 331 g/mol. The van der Waals surface area contributed by atoms with Crippen LogP contribution in [0.15, 0.2) is 0 Å². The van der Waals surface area contributed by atoms with Gasteiger partial charge in [0.15, 0.2) is 0 Å². The number of nitrogens with one attached hydrogen (secondary N) is 2. The van der Waals surface area contributed by atoms with Crippen LogP contribution in [0, 0.1) is 0 Å². The molecule has 0 aromatic heterocycles. The first-order valence-electron chi connectivity index (χ1n) is 5.60. The molecule has 114 valence electrons. The molecule has 0 spiro atoms. The minimum Gasteiger partial charge on any atom is -0.481 e. The van der Waals surface area contributed by atoms with Crippen molar-refractivity contribution in [2.75, 3.05) is 13.1 Å². The SMILES string of the molecule is O=C(O)C[C@H](NCCN[C@@H](CC(=O)O)C(=O)O)C(=O)O.[K+]. The van der Waals surface area contributed by atoms with Crippen LogP contribution in [0.25, 0.3) is 0 Å². The quantitative estimate of drug-likeness (QED) is 0.159. The molecule has 6 N–H and O–H groups in total. The first kappa shape index (κ1) is 22.7. The molecule has 0 rings (SSSR count). The maximum absolute atomic E-state index is 10.7. The van der Waals surface area contributed by atoms with Gasteiger partial charge in [-0.05, 0) is 0 Å². The standard InChI is InChI=1S/C10H16N2O8.K/c13-7(14)3-5(9(17)18)11-1-2-12-6(10(19)20)4-8(15)16;/h5-6,11-12H,1-4H2,(H,13,14)(H,15,16)(H,17,18)(H,19,20);/q;+1/t5-,6-;/m0./s1. The molecule has 0 aliphatic heterocycles. The Bertz CT molecular complexity index is 353. The number of hydrogen-bond acceptors (Lipinski definition) is 6. The van der Waals surface area contributed by atoms with E-state index in [1.807, 2.05) is 0 Å². The van der Waals surface area contributed by atoms with Crippen molar-refractivity contribution >= 4 is 23.9 Å². The second-order valence-electron chi connectivity index (χ2n) is 3.89. The molecule has 0 bridgehead atoms. The molecular weight excluding hydrogens is 315 g/mol. The fraction of sp³-hybridized carbons (Fsp3) is 0.600. The maximum Gasteiger partial charge on any atom is 1.00 e. The van der Waals surface area contributed by atoms with E-state index in [-0.39, 0.29) is 64.5 Å². The molecule has 0 aliphatic carbocycles. The molecule has 21 heavy (non-hydrogen) atoms. The summed E-state index contributed by atoms with van der Waals surface area (Å²) in [7, 11) is 0. The molecule has 10 nitrogen and oxygen atoms in total. The van der Waals surface area contributed by atoms with Crippen molar-refractivity contribution < 1.29 is 91.0 Å². The second kappa shape index (κ2) is 12.0. The van der Waals surface area contributed by atoms with Gasteiger partial charge in [-0.25, -0.2) is 0 Å². The van der Waals surface area contributed by atoms with E-state index in [0.717, 1.165) is 0 Å². The topological polar surface area (TPSA) is 173 Å². The molecule has 0 fully saturated rings. The first-order valence-corrected chi connectivity index (χ1v) is 5.60. The summed E-state index contributed by atoms with van der Waals surface area (Å²) >= 11 is 0. The van der Waals surface area contributed by atoms with E-state index in [1.54, 1.807) is 0 Å². The minimum atomic E-state index is -1.34. The van der Waals surface area contributed by atoms with Gasteiger partial charge in [-0.3, -0.25) is 19.2 Å². The van der Waals surface area contributed by atoms with Crippen LogP contribution in [-0.2, 0) is 19.2 Å². The van der Waals surface area contributed by atoms with Crippen LogP contribution < -0.4 is 62.0 Å². The van der Waals surface area contributed by atoms with Gasteiger partial charge in [0.1, 0.15) is 12.1 Å². The van der Waals surface area contributed by atoms with Gasteiger partial charge in [-0.1, -0.05) is 0 Å². The van der Waals surface area contributed by atoms with Gasteiger partial charge in [-0.15, -0.1) is 0 Å². The summed E-state index contributed by atoms with van der Waals surface area (Å²) in [6.07, 6.45) is -1.24. The second-order valence-corrected chi connectivity index (χ2v) is 3.89. The van der Waals surface area contributed by atoms with Crippen LogP contribution in [0.3, 0.4) is 0 Å². The van der Waals surface area contributed by atoms with Gasteiger partial charge in [0.2, 0.25) is 0 Å². The fourth-order valence-electron chi connectivity index (χ4n) is 1.34. The van der Waals surface area contributed by atoms with Crippen molar-refractivity contribution in [3.63, 3.8) is 0 Å². The number of aliphatic carboxylic acids is 4. The summed E-state index contributed by atoms with van der Waals surface area (Å²) in [6.45, 7) is -0.0404. The van der Waals surface area contributed by atoms with Crippen molar-refractivity contribution in [1.29, 1.82) is 0 Å². The zero-order chi connectivity index (χ0) is 15.7. The molecule has 0 heterocycles. The van der Waals surface area contributed by atoms with Gasteiger partial charge < -0.3 is 31.1 Å². The monoisotopic (exact) mass is 331 g/mol. The van der Waals surface area contributed by atoms with Crippen LogP contribution in [0.5, 0.6) is 0 Å². The predicted octanol–water partition coefficient (Wildman–Crippen LogP) is -4.97. The minimum absolute atomic E-state index is 0. The number of rotatable bonds is 11. The van der Waals surface area contributed by atoms with Crippen LogP contribution in [0.2, 0.25) is 0 Å². The molecule has 0 aliphatic rings. The Kier molecular flexibility index (Phi) is 13.0. The Morgan fingerprint density at radius 2 is 1.00 bits per heavy atom. The summed E-state index contributed by atoms with van der Waals surface area (Å²) in [5.41, 5.74) is 0. The van der Waals surface area contributed by atoms with E-state index in [0.29, 0.717) is 0 Å². The van der Waals surface area contributed by atoms with Crippen LogP contribution in [0.4, 0.5) is 0 Å². The summed E-state index contributed by atoms with van der Waals surface area (Å²) in [5, 5.41) is 39.2. The van der Waals surface area contributed by atoms with Gasteiger partial charge in [-0.2, -0.15) is 0 Å². The molecule has 0 unspecified atom stereocenters. The number of carboxylic acids is 4. The van der Waals surface area contributed by atoms with Crippen molar-refractivity contribution in [2.24, 2.45) is 0 Å². The molecule has 0 radical (unpaired) electrons. The third kappa shape index (κ3) is 11.7. The van der Waals surface area contributed by atoms with Crippen LogP contribution in [0.1, 0.15) is 12.8 Å². The molecule has 2 atom stereocenters. The molecule has 0 saturated carbocycles. The molecule has 0 amide bonds. The van der Waals surface area contributed by atoms with E-state index in [9.17, 15) is 19.2 Å². The van der Waals surface area contributed by atoms with E-state index in [4.69, 9.17) is 20.4 Å². The Labute approximate surface area is 162 Å². The summed E-state index contributed by atoms with van der Waals surface area (Å²) in [6, 6.07) is -2.59. The number of carboxylic acid groups (broad SMARTS) is 4. The zero-order valence-corrected chi connectivity index (χ0v) is 14.5. The summed E-state index contributed by atoms with van der Waals surface area (Å²) in [4.78, 5) is 42.2. The van der Waals surface area contributed by atoms with Gasteiger partial charge in [0, 0.05) is 13.1 Å². The maximum atomic E-state index is 10.7. The number of carbonyl (C=O) groups is 4. The van der Waals surface area contributed by atoms with Gasteiger partial charge in [0.05, 0.1) is 12.8 Å². The molecule has 0 aromatic carbocycles. The van der Waals surface area contributed by atoms with Gasteiger partial charge in [0.25, 0.3) is 0 Å². The third-order valence-electron chi connectivity index (χ3n) is 2.26. The van der Waals surface area contributed by atoms with Crippen molar-refractivity contribution in [3.8, 4) is 0 Å². The van der Waals surface area contributed by atoms with Gasteiger partial charge >= 0.3 is 75.3 Å². The molecule has 11 heteroatoms. The smallest absolute Gasteiger partial charge is 0.481 e. The fourth-order valence-corrected chi connectivity index (χ4v) is 1.34. The molecular formula is C10H16KN2O8+. The van der Waals surface area contributed by atoms with Crippen molar-refractivity contribution in [1.82, 2.24) is 10.6 Å². The van der Waals surface area contributed by atoms with E-state index in [1.165, 1.54) is 0 Å². The molecule has 0 aromatic rings. The Morgan fingerprint density at radius 1 is 0.714 bits per heavy atom. The van der Waals surface area contributed by atoms with E-state index >= 15 is 0 Å². The summed E-state index contributed by atoms with van der Waals surface area (Å²) < 4.78 is 0. The first-order chi connectivity index (χ1) is 9.23. The Morgan fingerprint density at radius 3 is 1.19 bits per heavy atom. The van der Waals surface area contributed by atoms with E-state index in [2.05, 4.69) is 10.6 Å². The summed E-state index contributed by atoms with van der Waals surface area (Å²) in [5.74, 6) is -5.25. The van der Waals surface area contributed by atoms with Crippen molar-refractivity contribution in [3.05, 3.63) is 0 Å². The predicted molar refractivity (Wildman–Crippen MR) is 63.4 cm³/mol. The van der Waals surface area contributed by atoms with Crippen LogP contribution in [-0.4, -0.2) is 69.5 Å². The Hall–Kier alpha value is -0.564. The average Bonchev–Trinajstić information content (AvgIpc) is 2.29. The third-order valence-corrected chi connectivity index (χ3v) is 2.26. The zero-order valence-electron chi connectivity index (χ0n) is 11.4.